The van der Waals surface area contributed by atoms with E-state index in [-0.39, 0.29) is 0 Å². The molecule has 0 fully saturated rings. The summed E-state index contributed by atoms with van der Waals surface area (Å²) in [6.07, 6.45) is 3.24. The Hall–Kier alpha value is -1.88. The van der Waals surface area contributed by atoms with Crippen LogP contribution in [0.25, 0.3) is 0 Å². The average Bonchev–Trinajstić information content (AvgIpc) is 2.33. The van der Waals surface area contributed by atoms with Gasteiger partial charge in [-0.2, -0.15) is 5.10 Å². The van der Waals surface area contributed by atoms with Crippen molar-refractivity contribution in [3.63, 3.8) is 0 Å². The quantitative estimate of drug-likeness (QED) is 0.537. The minimum Gasteiger partial charge on any atom is -0.439 e. The van der Waals surface area contributed by atoms with Crippen molar-refractivity contribution in [3.8, 4) is 11.6 Å². The number of halogens is 1. The first-order valence-electron chi connectivity index (χ1n) is 4.90. The minimum atomic E-state index is 0.537. The Bertz CT molecular complexity index is 526. The summed E-state index contributed by atoms with van der Waals surface area (Å²) in [5.74, 6) is 6.32. The van der Waals surface area contributed by atoms with Gasteiger partial charge in [0.15, 0.2) is 0 Å². The van der Waals surface area contributed by atoms with Crippen molar-refractivity contribution in [1.29, 1.82) is 0 Å². The molecule has 0 aliphatic heterocycles. The van der Waals surface area contributed by atoms with E-state index >= 15 is 0 Å². The lowest BCUT2D eigenvalue weighted by molar-refractivity contribution is 0.462. The van der Waals surface area contributed by atoms with Crippen LogP contribution in [0.4, 0.5) is 0 Å². The molecule has 0 atom stereocenters. The van der Waals surface area contributed by atoms with Gasteiger partial charge in [0, 0.05) is 16.7 Å². The van der Waals surface area contributed by atoms with Gasteiger partial charge in [-0.3, -0.25) is 0 Å². The fraction of sp³-hybridized carbons (Fsp3) is 0. The van der Waals surface area contributed by atoms with Gasteiger partial charge in [0.05, 0.1) is 6.21 Å². The number of hydrazone groups is 1. The summed E-state index contributed by atoms with van der Waals surface area (Å²) < 4.78 is 6.50. The van der Waals surface area contributed by atoms with E-state index in [9.17, 15) is 0 Å². The van der Waals surface area contributed by atoms with Gasteiger partial charge in [0.25, 0.3) is 0 Å². The highest BCUT2D eigenvalue weighted by Gasteiger charge is 1.99. The number of nitrogens with two attached hydrogens (primary N) is 1. The Balaban J connectivity index is 2.18. The van der Waals surface area contributed by atoms with Crippen LogP contribution in [0.3, 0.4) is 0 Å². The van der Waals surface area contributed by atoms with Gasteiger partial charge in [-0.05, 0) is 39.7 Å². The van der Waals surface area contributed by atoms with Crippen molar-refractivity contribution in [2.24, 2.45) is 10.9 Å². The van der Waals surface area contributed by atoms with E-state index in [1.54, 1.807) is 18.5 Å². The molecule has 5 heteroatoms. The van der Waals surface area contributed by atoms with Gasteiger partial charge in [-0.15, -0.1) is 0 Å². The molecule has 0 aliphatic rings. The lowest BCUT2D eigenvalue weighted by atomic mass is 10.2. The largest absolute Gasteiger partial charge is 0.439 e. The molecule has 4 nitrogen and oxygen atoms in total. The van der Waals surface area contributed by atoms with Crippen molar-refractivity contribution < 1.29 is 4.74 Å². The first-order valence-corrected chi connectivity index (χ1v) is 5.70. The molecule has 0 aliphatic carbocycles. The Kier molecular flexibility index (Phi) is 3.72. The van der Waals surface area contributed by atoms with Crippen LogP contribution in [0.5, 0.6) is 11.6 Å². The number of nitrogens with zero attached hydrogens (tertiary/aromatic N) is 2. The molecular weight excluding hydrogens is 282 g/mol. The lowest BCUT2D eigenvalue weighted by Crippen LogP contribution is -1.90. The highest BCUT2D eigenvalue weighted by atomic mass is 79.9. The van der Waals surface area contributed by atoms with E-state index in [1.165, 1.54) is 0 Å². The second-order valence-electron chi connectivity index (χ2n) is 3.27. The van der Waals surface area contributed by atoms with Crippen LogP contribution in [0.1, 0.15) is 5.56 Å². The molecule has 1 aromatic carbocycles. The molecule has 86 valence electrons. The number of hydrogen-bond donors (Lipinski definition) is 1. The van der Waals surface area contributed by atoms with Gasteiger partial charge >= 0.3 is 0 Å². The molecule has 0 saturated carbocycles. The fourth-order valence-corrected chi connectivity index (χ4v) is 1.52. The smallest absolute Gasteiger partial charge is 0.219 e. The molecule has 0 unspecified atom stereocenters. The van der Waals surface area contributed by atoms with Gasteiger partial charge in [-0.25, -0.2) is 4.98 Å². The van der Waals surface area contributed by atoms with Crippen LogP contribution >= 0.6 is 15.9 Å². The Labute approximate surface area is 107 Å². The second kappa shape index (κ2) is 5.45. The molecule has 17 heavy (non-hydrogen) atoms. The monoisotopic (exact) mass is 291 g/mol. The van der Waals surface area contributed by atoms with E-state index in [0.717, 1.165) is 10.0 Å². The van der Waals surface area contributed by atoms with Gasteiger partial charge in [-0.1, -0.05) is 12.1 Å². The average molecular weight is 292 g/mol. The summed E-state index contributed by atoms with van der Waals surface area (Å²) in [6, 6.07) is 11.1. The zero-order chi connectivity index (χ0) is 12.1. The summed E-state index contributed by atoms with van der Waals surface area (Å²) in [6.45, 7) is 0. The third-order valence-corrected chi connectivity index (χ3v) is 2.47. The molecule has 0 amide bonds. The molecule has 0 spiro atoms. The van der Waals surface area contributed by atoms with Crippen molar-refractivity contribution in [3.05, 3.63) is 52.6 Å². The lowest BCUT2D eigenvalue weighted by Gasteiger charge is -2.04. The highest BCUT2D eigenvalue weighted by Crippen LogP contribution is 2.21. The fourth-order valence-electron chi connectivity index (χ4n) is 1.29. The first-order chi connectivity index (χ1) is 8.28. The van der Waals surface area contributed by atoms with Crippen molar-refractivity contribution in [2.45, 2.75) is 0 Å². The number of pyridine rings is 1. The number of ether oxygens (including phenoxy) is 1. The molecule has 2 aromatic rings. The van der Waals surface area contributed by atoms with Crippen LogP contribution < -0.4 is 10.6 Å². The molecule has 2 N–H and O–H groups in total. The Morgan fingerprint density at radius 2 is 2.18 bits per heavy atom. The van der Waals surface area contributed by atoms with Gasteiger partial charge in [0.1, 0.15) is 5.75 Å². The summed E-state index contributed by atoms with van der Waals surface area (Å²) >= 11 is 3.31. The standard InChI is InChI=1S/C12H10BrN3O/c13-10-4-5-12(15-8-10)17-11-3-1-2-9(6-11)7-16-14/h1-8H,14H2. The maximum absolute atomic E-state index is 5.59. The molecule has 1 heterocycles. The second-order valence-corrected chi connectivity index (χ2v) is 4.18. The predicted molar refractivity (Wildman–Crippen MR) is 70.2 cm³/mol. The third-order valence-electron chi connectivity index (χ3n) is 2.00. The summed E-state index contributed by atoms with van der Waals surface area (Å²) in [5.41, 5.74) is 0.877. The van der Waals surface area contributed by atoms with Crippen molar-refractivity contribution in [2.75, 3.05) is 0 Å². The molecule has 0 radical (unpaired) electrons. The van der Waals surface area contributed by atoms with E-state index in [4.69, 9.17) is 10.6 Å². The molecular formula is C12H10BrN3O. The minimum absolute atomic E-state index is 0.537. The first kappa shape index (κ1) is 11.6. The zero-order valence-electron chi connectivity index (χ0n) is 8.88. The summed E-state index contributed by atoms with van der Waals surface area (Å²) in [5, 5.41) is 3.46. The van der Waals surface area contributed by atoms with Crippen molar-refractivity contribution in [1.82, 2.24) is 4.98 Å². The highest BCUT2D eigenvalue weighted by molar-refractivity contribution is 9.10. The number of benzene rings is 1. The third kappa shape index (κ3) is 3.29. The van der Waals surface area contributed by atoms with Gasteiger partial charge < -0.3 is 10.6 Å². The number of rotatable bonds is 3. The number of hydrogen-bond acceptors (Lipinski definition) is 4. The Morgan fingerprint density at radius 1 is 1.29 bits per heavy atom. The van der Waals surface area contributed by atoms with Crippen LogP contribution in [0.15, 0.2) is 52.2 Å². The van der Waals surface area contributed by atoms with E-state index < -0.39 is 0 Å². The zero-order valence-corrected chi connectivity index (χ0v) is 10.5. The molecule has 0 saturated heterocycles. The molecule has 0 bridgehead atoms. The van der Waals surface area contributed by atoms with E-state index in [0.29, 0.717) is 11.6 Å². The van der Waals surface area contributed by atoms with Crippen LogP contribution in [0.2, 0.25) is 0 Å². The van der Waals surface area contributed by atoms with Gasteiger partial charge in [0.2, 0.25) is 5.88 Å². The SMILES string of the molecule is NN=Cc1cccc(Oc2ccc(Br)cn2)c1. The topological polar surface area (TPSA) is 60.5 Å². The maximum Gasteiger partial charge on any atom is 0.219 e. The van der Waals surface area contributed by atoms with E-state index in [1.807, 2.05) is 30.3 Å². The van der Waals surface area contributed by atoms with E-state index in [2.05, 4.69) is 26.0 Å². The molecule has 1 aromatic heterocycles. The summed E-state index contributed by atoms with van der Waals surface area (Å²) in [7, 11) is 0. The van der Waals surface area contributed by atoms with Crippen LogP contribution in [-0.2, 0) is 0 Å². The van der Waals surface area contributed by atoms with Crippen molar-refractivity contribution >= 4 is 22.1 Å². The Morgan fingerprint density at radius 3 is 2.88 bits per heavy atom. The molecule has 2 rings (SSSR count). The normalized spacial score (nSPS) is 10.6. The number of aromatic nitrogens is 1. The maximum atomic E-state index is 5.59. The summed E-state index contributed by atoms with van der Waals surface area (Å²) in [4.78, 5) is 4.12. The predicted octanol–water partition coefficient (Wildman–Crippen LogP) is 2.93. The van der Waals surface area contributed by atoms with Crippen LogP contribution in [0, 0.1) is 0 Å². The van der Waals surface area contributed by atoms with Crippen LogP contribution in [-0.4, -0.2) is 11.2 Å².